The standard InChI is InChI=1S/C25H29ClN4OS/c1-18-7-5-6-10-22(18)27-24(31)17-32-25-29-28-23(15-19-8-3-2-4-9-19)30(25)16-20-11-13-21(26)14-12-20/h2-4,8-9,11-14,18,22H,5-7,10,15-17H2,1H3,(H,27,31)/t18-,22-/m0/s1. The second kappa shape index (κ2) is 11.0. The summed E-state index contributed by atoms with van der Waals surface area (Å²) in [5.74, 6) is 1.84. The van der Waals surface area contributed by atoms with Gasteiger partial charge in [-0.05, 0) is 42.0 Å². The van der Waals surface area contributed by atoms with Gasteiger partial charge in [0.15, 0.2) is 5.16 Å². The highest BCUT2D eigenvalue weighted by Gasteiger charge is 2.23. The second-order valence-electron chi connectivity index (χ2n) is 8.50. The Labute approximate surface area is 199 Å². The van der Waals surface area contributed by atoms with E-state index in [-0.39, 0.29) is 11.9 Å². The first kappa shape index (κ1) is 22.9. The summed E-state index contributed by atoms with van der Waals surface area (Å²) in [6.45, 7) is 2.87. The third kappa shape index (κ3) is 6.14. The highest BCUT2D eigenvalue weighted by molar-refractivity contribution is 7.99. The molecule has 3 aromatic rings. The number of benzene rings is 2. The van der Waals surface area contributed by atoms with Gasteiger partial charge in [0.1, 0.15) is 5.82 Å². The molecule has 5 nitrogen and oxygen atoms in total. The topological polar surface area (TPSA) is 59.8 Å². The van der Waals surface area contributed by atoms with E-state index in [9.17, 15) is 4.79 Å². The van der Waals surface area contributed by atoms with Gasteiger partial charge in [-0.3, -0.25) is 4.79 Å². The van der Waals surface area contributed by atoms with Gasteiger partial charge in [-0.15, -0.1) is 10.2 Å². The van der Waals surface area contributed by atoms with Gasteiger partial charge in [0, 0.05) is 17.5 Å². The van der Waals surface area contributed by atoms with E-state index < -0.39 is 0 Å². The van der Waals surface area contributed by atoms with E-state index >= 15 is 0 Å². The molecule has 0 aliphatic heterocycles. The van der Waals surface area contributed by atoms with Gasteiger partial charge >= 0.3 is 0 Å². The SMILES string of the molecule is C[C@H]1CCCC[C@@H]1NC(=O)CSc1nnc(Cc2ccccc2)n1Cc1ccc(Cl)cc1. The Kier molecular flexibility index (Phi) is 7.87. The fourth-order valence-corrected chi connectivity index (χ4v) is 5.07. The molecule has 0 bridgehead atoms. The molecule has 0 saturated heterocycles. The number of nitrogens with zero attached hydrogens (tertiary/aromatic N) is 3. The van der Waals surface area contributed by atoms with Crippen molar-refractivity contribution in [2.75, 3.05) is 5.75 Å². The number of rotatable bonds is 8. The van der Waals surface area contributed by atoms with Crippen LogP contribution in [0.25, 0.3) is 0 Å². The summed E-state index contributed by atoms with van der Waals surface area (Å²) >= 11 is 7.51. The van der Waals surface area contributed by atoms with Gasteiger partial charge in [0.2, 0.25) is 5.91 Å². The third-order valence-corrected chi connectivity index (χ3v) is 7.26. The van der Waals surface area contributed by atoms with E-state index in [0.29, 0.717) is 29.7 Å². The molecule has 168 valence electrons. The van der Waals surface area contributed by atoms with Crippen LogP contribution in [0, 0.1) is 5.92 Å². The molecule has 1 aromatic heterocycles. The molecule has 1 N–H and O–H groups in total. The van der Waals surface area contributed by atoms with Gasteiger partial charge < -0.3 is 9.88 Å². The largest absolute Gasteiger partial charge is 0.352 e. The minimum absolute atomic E-state index is 0.0689. The smallest absolute Gasteiger partial charge is 0.230 e. The highest BCUT2D eigenvalue weighted by atomic mass is 35.5. The van der Waals surface area contributed by atoms with E-state index in [1.54, 1.807) is 0 Å². The lowest BCUT2D eigenvalue weighted by Crippen LogP contribution is -2.41. The van der Waals surface area contributed by atoms with Gasteiger partial charge in [-0.2, -0.15) is 0 Å². The van der Waals surface area contributed by atoms with E-state index in [4.69, 9.17) is 11.6 Å². The summed E-state index contributed by atoms with van der Waals surface area (Å²) in [5.41, 5.74) is 2.30. The van der Waals surface area contributed by atoms with Crippen LogP contribution in [-0.2, 0) is 17.8 Å². The van der Waals surface area contributed by atoms with Crippen LogP contribution in [0.2, 0.25) is 5.02 Å². The number of hydrogen-bond acceptors (Lipinski definition) is 4. The first-order valence-corrected chi connectivity index (χ1v) is 12.6. The van der Waals surface area contributed by atoms with Crippen LogP contribution in [0.15, 0.2) is 59.8 Å². The molecule has 2 aromatic carbocycles. The van der Waals surface area contributed by atoms with E-state index in [1.165, 1.54) is 36.6 Å². The zero-order chi connectivity index (χ0) is 22.3. The lowest BCUT2D eigenvalue weighted by atomic mass is 9.86. The molecule has 0 spiro atoms. The third-order valence-electron chi connectivity index (χ3n) is 6.04. The van der Waals surface area contributed by atoms with Crippen LogP contribution in [0.3, 0.4) is 0 Å². The summed E-state index contributed by atoms with van der Waals surface area (Å²) in [6, 6.07) is 18.4. The van der Waals surface area contributed by atoms with Crippen LogP contribution in [0.4, 0.5) is 0 Å². The molecule has 1 fully saturated rings. The molecule has 2 atom stereocenters. The lowest BCUT2D eigenvalue weighted by Gasteiger charge is -2.29. The van der Waals surface area contributed by atoms with Crippen molar-refractivity contribution >= 4 is 29.3 Å². The summed E-state index contributed by atoms with van der Waals surface area (Å²) in [7, 11) is 0. The van der Waals surface area contributed by atoms with E-state index in [1.807, 2.05) is 42.5 Å². The number of nitrogens with one attached hydrogen (secondary N) is 1. The molecule has 4 rings (SSSR count). The molecule has 32 heavy (non-hydrogen) atoms. The maximum absolute atomic E-state index is 12.6. The van der Waals surface area contributed by atoms with Crippen molar-refractivity contribution < 1.29 is 4.79 Å². The van der Waals surface area contributed by atoms with Crippen LogP contribution in [-0.4, -0.2) is 32.5 Å². The molecular formula is C25H29ClN4OS. The molecule has 1 saturated carbocycles. The molecule has 1 amide bonds. The number of hydrogen-bond donors (Lipinski definition) is 1. The van der Waals surface area contributed by atoms with Gasteiger partial charge in [-0.25, -0.2) is 0 Å². The van der Waals surface area contributed by atoms with Crippen molar-refractivity contribution in [3.63, 3.8) is 0 Å². The van der Waals surface area contributed by atoms with Gasteiger partial charge in [0.25, 0.3) is 0 Å². The quantitative estimate of drug-likeness (QED) is 0.452. The van der Waals surface area contributed by atoms with Crippen molar-refractivity contribution in [1.82, 2.24) is 20.1 Å². The van der Waals surface area contributed by atoms with Crippen molar-refractivity contribution in [3.8, 4) is 0 Å². The van der Waals surface area contributed by atoms with Crippen LogP contribution in [0.5, 0.6) is 0 Å². The van der Waals surface area contributed by atoms with Crippen LogP contribution >= 0.6 is 23.4 Å². The Morgan fingerprint density at radius 3 is 2.56 bits per heavy atom. The lowest BCUT2D eigenvalue weighted by molar-refractivity contribution is -0.119. The Morgan fingerprint density at radius 2 is 1.81 bits per heavy atom. The van der Waals surface area contributed by atoms with E-state index in [2.05, 4.69) is 39.1 Å². The molecule has 0 radical (unpaired) electrons. The second-order valence-corrected chi connectivity index (χ2v) is 9.88. The van der Waals surface area contributed by atoms with Gasteiger partial charge in [-0.1, -0.05) is 85.6 Å². The normalized spacial score (nSPS) is 18.4. The first-order valence-electron chi connectivity index (χ1n) is 11.2. The molecule has 7 heteroatoms. The molecule has 1 heterocycles. The summed E-state index contributed by atoms with van der Waals surface area (Å²) in [4.78, 5) is 12.6. The average molecular weight is 469 g/mol. The van der Waals surface area contributed by atoms with E-state index in [0.717, 1.165) is 23.0 Å². The summed E-state index contributed by atoms with van der Waals surface area (Å²) in [6.07, 6.45) is 5.41. The number of carbonyl (C=O) groups excluding carboxylic acids is 1. The molecule has 1 aliphatic carbocycles. The Bertz CT molecular complexity index is 1020. The zero-order valence-corrected chi connectivity index (χ0v) is 19.9. The van der Waals surface area contributed by atoms with Crippen molar-refractivity contribution in [3.05, 3.63) is 76.6 Å². The number of amides is 1. The highest BCUT2D eigenvalue weighted by Crippen LogP contribution is 2.25. The van der Waals surface area contributed by atoms with Crippen LogP contribution in [0.1, 0.15) is 49.6 Å². The number of thioether (sulfide) groups is 1. The number of halogens is 1. The fourth-order valence-electron chi connectivity index (χ4n) is 4.18. The average Bonchev–Trinajstić information content (AvgIpc) is 3.17. The van der Waals surface area contributed by atoms with Crippen molar-refractivity contribution in [1.29, 1.82) is 0 Å². The van der Waals surface area contributed by atoms with Crippen LogP contribution < -0.4 is 5.32 Å². The van der Waals surface area contributed by atoms with Crippen molar-refractivity contribution in [2.45, 2.75) is 56.8 Å². The maximum Gasteiger partial charge on any atom is 0.230 e. The molecular weight excluding hydrogens is 440 g/mol. The maximum atomic E-state index is 12.6. The Balaban J connectivity index is 1.47. The minimum atomic E-state index is 0.0689. The Morgan fingerprint density at radius 1 is 1.06 bits per heavy atom. The van der Waals surface area contributed by atoms with Crippen molar-refractivity contribution in [2.24, 2.45) is 5.92 Å². The monoisotopic (exact) mass is 468 g/mol. The molecule has 1 aliphatic rings. The predicted octanol–water partition coefficient (Wildman–Crippen LogP) is 5.36. The first-order chi connectivity index (χ1) is 15.6. The summed E-state index contributed by atoms with van der Waals surface area (Å²) in [5, 5.41) is 13.6. The molecule has 0 unspecified atom stereocenters. The predicted molar refractivity (Wildman–Crippen MR) is 130 cm³/mol. The minimum Gasteiger partial charge on any atom is -0.352 e. The number of aromatic nitrogens is 3. The summed E-state index contributed by atoms with van der Waals surface area (Å²) < 4.78 is 2.11. The Hall–Kier alpha value is -2.31. The zero-order valence-electron chi connectivity index (χ0n) is 18.3. The fraction of sp³-hybridized carbons (Fsp3) is 0.400. The number of carbonyl (C=O) groups is 1. The van der Waals surface area contributed by atoms with Gasteiger partial charge in [0.05, 0.1) is 12.3 Å².